The van der Waals surface area contributed by atoms with Gasteiger partial charge in [-0.15, -0.1) is 0 Å². The molecule has 2 amide bonds. The predicted octanol–water partition coefficient (Wildman–Crippen LogP) is 1.68. The van der Waals surface area contributed by atoms with Crippen molar-refractivity contribution >= 4 is 28.8 Å². The summed E-state index contributed by atoms with van der Waals surface area (Å²) in [6, 6.07) is 5.12. The molecule has 4 rings (SSSR count). The van der Waals surface area contributed by atoms with Crippen LogP contribution in [0.25, 0.3) is 11.0 Å². The third-order valence-electron chi connectivity index (χ3n) is 6.18. The number of imide groups is 1. The summed E-state index contributed by atoms with van der Waals surface area (Å²) in [6.07, 6.45) is 3.46. The number of carbonyl (C=O) groups is 3. The van der Waals surface area contributed by atoms with Crippen molar-refractivity contribution in [3.05, 3.63) is 34.2 Å². The van der Waals surface area contributed by atoms with Gasteiger partial charge in [-0.05, 0) is 55.7 Å². The lowest BCUT2D eigenvalue weighted by Crippen LogP contribution is -2.44. The lowest BCUT2D eigenvalue weighted by atomic mass is 9.78. The Morgan fingerprint density at radius 2 is 1.79 bits per heavy atom. The zero-order valence-corrected chi connectivity index (χ0v) is 15.7. The Hall–Kier alpha value is -2.90. The number of nitrogens with one attached hydrogen (secondary N) is 1. The molecule has 2 aromatic rings. The third kappa shape index (κ3) is 3.02. The maximum Gasteiger partial charge on any atom is 0.329 e. The van der Waals surface area contributed by atoms with Crippen LogP contribution < -0.4 is 11.0 Å². The molecular weight excluding hydrogens is 362 g/mol. The summed E-state index contributed by atoms with van der Waals surface area (Å²) in [4.78, 5) is 47.7. The Labute approximate surface area is 161 Å². The van der Waals surface area contributed by atoms with E-state index in [1.807, 2.05) is 18.2 Å². The lowest BCUT2D eigenvalue weighted by molar-refractivity contribution is -0.143. The molecule has 1 saturated heterocycles. The molecule has 28 heavy (non-hydrogen) atoms. The van der Waals surface area contributed by atoms with E-state index in [1.54, 1.807) is 7.05 Å². The number of aromatic nitrogens is 2. The van der Waals surface area contributed by atoms with Crippen molar-refractivity contribution in [2.45, 2.75) is 50.5 Å². The van der Waals surface area contributed by atoms with Gasteiger partial charge in [0.2, 0.25) is 11.8 Å². The molecule has 1 unspecified atom stereocenters. The van der Waals surface area contributed by atoms with E-state index in [0.717, 1.165) is 23.9 Å². The number of nitrogens with zero attached hydrogens (tertiary/aromatic N) is 2. The molecule has 1 aliphatic heterocycles. The number of fused-ring (bicyclic) bond motifs is 1. The molecule has 1 aromatic heterocycles. The Morgan fingerprint density at radius 1 is 1.07 bits per heavy atom. The fourth-order valence-electron chi connectivity index (χ4n) is 4.54. The molecule has 1 aliphatic carbocycles. The van der Waals surface area contributed by atoms with Crippen LogP contribution in [-0.4, -0.2) is 32.0 Å². The highest BCUT2D eigenvalue weighted by Gasteiger charge is 2.32. The third-order valence-corrected chi connectivity index (χ3v) is 6.18. The highest BCUT2D eigenvalue weighted by atomic mass is 16.4. The molecule has 0 radical (unpaired) electrons. The second kappa shape index (κ2) is 6.92. The second-order valence-electron chi connectivity index (χ2n) is 7.81. The molecule has 2 heterocycles. The molecular formula is C20H23N3O5. The molecule has 0 spiro atoms. The average molecular weight is 385 g/mol. The number of aryl methyl sites for hydroxylation is 1. The first-order valence-electron chi connectivity index (χ1n) is 9.64. The van der Waals surface area contributed by atoms with E-state index in [1.165, 1.54) is 9.13 Å². The number of aliphatic carboxylic acids is 1. The first kappa shape index (κ1) is 18.5. The number of benzene rings is 1. The summed E-state index contributed by atoms with van der Waals surface area (Å²) >= 11 is 0. The van der Waals surface area contributed by atoms with Gasteiger partial charge < -0.3 is 5.11 Å². The fraction of sp³-hybridized carbons (Fsp3) is 0.500. The van der Waals surface area contributed by atoms with E-state index in [-0.39, 0.29) is 29.9 Å². The van der Waals surface area contributed by atoms with Gasteiger partial charge in [-0.25, -0.2) is 4.79 Å². The average Bonchev–Trinajstić information content (AvgIpc) is 2.92. The molecule has 2 N–H and O–H groups in total. The van der Waals surface area contributed by atoms with Crippen LogP contribution in [0.3, 0.4) is 0 Å². The Kier molecular flexibility index (Phi) is 4.56. The molecule has 1 aromatic carbocycles. The number of rotatable bonds is 3. The number of amides is 2. The van der Waals surface area contributed by atoms with E-state index in [0.29, 0.717) is 24.8 Å². The van der Waals surface area contributed by atoms with E-state index in [2.05, 4.69) is 5.32 Å². The number of carboxylic acids is 1. The minimum atomic E-state index is -0.724. The molecule has 1 saturated carbocycles. The van der Waals surface area contributed by atoms with Crippen LogP contribution in [0.1, 0.15) is 56.0 Å². The van der Waals surface area contributed by atoms with Crippen LogP contribution in [0.5, 0.6) is 0 Å². The van der Waals surface area contributed by atoms with Gasteiger partial charge in [0, 0.05) is 13.5 Å². The van der Waals surface area contributed by atoms with Crippen LogP contribution in [-0.2, 0) is 21.4 Å². The van der Waals surface area contributed by atoms with Crippen LogP contribution in [0, 0.1) is 5.92 Å². The van der Waals surface area contributed by atoms with Crippen LogP contribution in [0.4, 0.5) is 0 Å². The van der Waals surface area contributed by atoms with Crippen molar-refractivity contribution in [3.8, 4) is 0 Å². The minimum absolute atomic E-state index is 0.212. The van der Waals surface area contributed by atoms with Gasteiger partial charge in [-0.3, -0.25) is 28.8 Å². The smallest absolute Gasteiger partial charge is 0.329 e. The van der Waals surface area contributed by atoms with Crippen LogP contribution in [0.15, 0.2) is 23.0 Å². The van der Waals surface area contributed by atoms with Crippen molar-refractivity contribution in [3.63, 3.8) is 0 Å². The van der Waals surface area contributed by atoms with Crippen molar-refractivity contribution < 1.29 is 19.5 Å². The number of imidazole rings is 1. The zero-order chi connectivity index (χ0) is 20.0. The van der Waals surface area contributed by atoms with Crippen molar-refractivity contribution in [2.75, 3.05) is 0 Å². The Bertz CT molecular complexity index is 1030. The van der Waals surface area contributed by atoms with Gasteiger partial charge in [0.15, 0.2) is 0 Å². The number of piperidine rings is 1. The molecule has 0 bridgehead atoms. The highest BCUT2D eigenvalue weighted by molar-refractivity contribution is 6.00. The quantitative estimate of drug-likeness (QED) is 0.781. The topological polar surface area (TPSA) is 110 Å². The fourth-order valence-corrected chi connectivity index (χ4v) is 4.54. The van der Waals surface area contributed by atoms with Gasteiger partial charge in [0.1, 0.15) is 6.04 Å². The summed E-state index contributed by atoms with van der Waals surface area (Å²) in [6.45, 7) is 0. The van der Waals surface area contributed by atoms with E-state index in [9.17, 15) is 24.3 Å². The van der Waals surface area contributed by atoms with Crippen molar-refractivity contribution in [2.24, 2.45) is 13.0 Å². The van der Waals surface area contributed by atoms with E-state index in [4.69, 9.17) is 0 Å². The molecule has 148 valence electrons. The molecule has 1 atom stereocenters. The van der Waals surface area contributed by atoms with Gasteiger partial charge in [-0.2, -0.15) is 0 Å². The SMILES string of the molecule is Cn1c(=O)n(C2CCC(=O)NC2=O)c2ccc([C@H]3CC[C@H](C(=O)O)CC3)cc21. The van der Waals surface area contributed by atoms with Gasteiger partial charge in [0.25, 0.3) is 0 Å². The highest BCUT2D eigenvalue weighted by Crippen LogP contribution is 2.37. The number of hydrogen-bond donors (Lipinski definition) is 2. The minimum Gasteiger partial charge on any atom is -0.481 e. The van der Waals surface area contributed by atoms with E-state index >= 15 is 0 Å². The molecule has 2 aliphatic rings. The summed E-state index contributed by atoms with van der Waals surface area (Å²) < 4.78 is 3.01. The Morgan fingerprint density at radius 3 is 2.43 bits per heavy atom. The first-order chi connectivity index (χ1) is 13.4. The lowest BCUT2D eigenvalue weighted by Gasteiger charge is -2.26. The Balaban J connectivity index is 1.67. The normalized spacial score (nSPS) is 25.7. The maximum atomic E-state index is 12.8. The summed E-state index contributed by atoms with van der Waals surface area (Å²) in [5.41, 5.74) is 2.22. The molecule has 2 fully saturated rings. The largest absolute Gasteiger partial charge is 0.481 e. The summed E-state index contributed by atoms with van der Waals surface area (Å²) in [7, 11) is 1.68. The number of carbonyl (C=O) groups excluding carboxylic acids is 2. The van der Waals surface area contributed by atoms with Crippen molar-refractivity contribution in [1.29, 1.82) is 0 Å². The summed E-state index contributed by atoms with van der Waals surface area (Å²) in [5.74, 6) is -1.47. The monoisotopic (exact) mass is 385 g/mol. The first-order valence-corrected chi connectivity index (χ1v) is 9.64. The molecule has 8 nitrogen and oxygen atoms in total. The standard InChI is InChI=1S/C20H23N3O5/c1-22-16-10-13(11-2-4-12(5-3-11)19(26)27)6-7-14(16)23(20(22)28)15-8-9-17(24)21-18(15)25/h6-7,10-12,15H,2-5,8-9H2,1H3,(H,26,27)(H,21,24,25)/t11-,12-,15?. The van der Waals surface area contributed by atoms with E-state index < -0.39 is 17.9 Å². The second-order valence-corrected chi connectivity index (χ2v) is 7.81. The van der Waals surface area contributed by atoms with Gasteiger partial charge in [0.05, 0.1) is 17.0 Å². The van der Waals surface area contributed by atoms with Gasteiger partial charge in [-0.1, -0.05) is 6.07 Å². The zero-order valence-electron chi connectivity index (χ0n) is 15.7. The van der Waals surface area contributed by atoms with Gasteiger partial charge >= 0.3 is 11.7 Å². The van der Waals surface area contributed by atoms with Crippen molar-refractivity contribution in [1.82, 2.24) is 14.5 Å². The van der Waals surface area contributed by atoms with Crippen LogP contribution in [0.2, 0.25) is 0 Å². The van der Waals surface area contributed by atoms with Crippen LogP contribution >= 0.6 is 0 Å². The maximum absolute atomic E-state index is 12.8. The molecule has 8 heteroatoms. The number of hydrogen-bond acceptors (Lipinski definition) is 4. The predicted molar refractivity (Wildman–Crippen MR) is 101 cm³/mol. The summed E-state index contributed by atoms with van der Waals surface area (Å²) in [5, 5.41) is 11.5. The number of carboxylic acid groups (broad SMARTS) is 1.